The van der Waals surface area contributed by atoms with E-state index >= 15 is 0 Å². The normalized spacial score (nSPS) is 12.3. The summed E-state index contributed by atoms with van der Waals surface area (Å²) in [6.45, 7) is 0. The third kappa shape index (κ3) is 1.86. The van der Waals surface area contributed by atoms with Crippen LogP contribution in [0.25, 0.3) is 11.0 Å². The van der Waals surface area contributed by atoms with Crippen LogP contribution in [0.15, 0.2) is 33.5 Å². The van der Waals surface area contributed by atoms with Gasteiger partial charge in [-0.3, -0.25) is 4.79 Å². The van der Waals surface area contributed by atoms with Crippen molar-refractivity contribution < 1.29 is 22.0 Å². The van der Waals surface area contributed by atoms with Crippen molar-refractivity contribution in [1.29, 1.82) is 0 Å². The Hall–Kier alpha value is -1.56. The van der Waals surface area contributed by atoms with E-state index in [-0.39, 0.29) is 11.0 Å². The number of halogens is 5. The molecule has 0 spiro atoms. The Labute approximate surface area is 103 Å². The molecule has 0 aliphatic rings. The van der Waals surface area contributed by atoms with Crippen molar-refractivity contribution in [3.8, 4) is 0 Å². The van der Waals surface area contributed by atoms with Crippen LogP contribution in [0.5, 0.6) is 0 Å². The van der Waals surface area contributed by atoms with Crippen LogP contribution in [-0.4, -0.2) is 6.43 Å². The van der Waals surface area contributed by atoms with Gasteiger partial charge in [-0.05, 0) is 12.1 Å². The third-order valence-electron chi connectivity index (χ3n) is 2.32. The van der Waals surface area contributed by atoms with Gasteiger partial charge in [-0.2, -0.15) is 8.78 Å². The maximum Gasteiger partial charge on any atom is 0.365 e. The Morgan fingerprint density at radius 1 is 1.22 bits per heavy atom. The lowest BCUT2D eigenvalue weighted by Crippen LogP contribution is -2.26. The van der Waals surface area contributed by atoms with Gasteiger partial charge in [0.15, 0.2) is 0 Å². The molecular weight excluding hydrogens is 276 g/mol. The summed E-state index contributed by atoms with van der Waals surface area (Å²) >= 11 is 5.38. The van der Waals surface area contributed by atoms with Crippen molar-refractivity contribution in [2.75, 3.05) is 0 Å². The minimum Gasteiger partial charge on any atom is -0.453 e. The fraction of sp³-hybridized carbons (Fsp3) is 0.182. The number of fused-ring (bicyclic) bond motifs is 1. The highest BCUT2D eigenvalue weighted by molar-refractivity contribution is 6.31. The van der Waals surface area contributed by atoms with Crippen molar-refractivity contribution in [3.63, 3.8) is 0 Å². The zero-order chi connectivity index (χ0) is 13.5. The van der Waals surface area contributed by atoms with Gasteiger partial charge in [0.25, 0.3) is 0 Å². The summed E-state index contributed by atoms with van der Waals surface area (Å²) < 4.78 is 55.5. The molecule has 96 valence electrons. The smallest absolute Gasteiger partial charge is 0.365 e. The zero-order valence-corrected chi connectivity index (χ0v) is 9.35. The van der Waals surface area contributed by atoms with Crippen LogP contribution < -0.4 is 5.43 Å². The number of hydrogen-bond donors (Lipinski definition) is 0. The molecule has 0 unspecified atom stereocenters. The molecule has 0 atom stereocenters. The standard InChI is InChI=1S/C11H5ClF4O2/c12-7-8(17)5-3-1-2-4-6(5)18-9(7)11(15,16)10(13)14/h1-4,10H. The van der Waals surface area contributed by atoms with Gasteiger partial charge in [0.2, 0.25) is 11.2 Å². The van der Waals surface area contributed by atoms with E-state index in [0.717, 1.165) is 0 Å². The van der Waals surface area contributed by atoms with Gasteiger partial charge >= 0.3 is 12.3 Å². The molecule has 18 heavy (non-hydrogen) atoms. The molecule has 1 heterocycles. The van der Waals surface area contributed by atoms with Crippen LogP contribution in [0, 0.1) is 0 Å². The Kier molecular flexibility index (Phi) is 3.06. The van der Waals surface area contributed by atoms with Gasteiger partial charge in [-0.25, -0.2) is 8.78 Å². The minimum atomic E-state index is -4.61. The molecule has 2 rings (SSSR count). The quantitative estimate of drug-likeness (QED) is 0.783. The molecule has 0 fully saturated rings. The van der Waals surface area contributed by atoms with Gasteiger partial charge in [0, 0.05) is 0 Å². The number of hydrogen-bond acceptors (Lipinski definition) is 2. The molecule has 0 N–H and O–H groups in total. The summed E-state index contributed by atoms with van der Waals surface area (Å²) in [7, 11) is 0. The van der Waals surface area contributed by atoms with Crippen LogP contribution in [0.1, 0.15) is 5.76 Å². The molecule has 2 aromatic rings. The molecule has 0 radical (unpaired) electrons. The number of benzene rings is 1. The molecular formula is C11H5ClF4O2. The van der Waals surface area contributed by atoms with Crippen LogP contribution in [0.3, 0.4) is 0 Å². The van der Waals surface area contributed by atoms with Crippen LogP contribution >= 0.6 is 11.6 Å². The highest BCUT2D eigenvalue weighted by Crippen LogP contribution is 2.38. The summed E-state index contributed by atoms with van der Waals surface area (Å²) in [6, 6.07) is 5.42. The molecule has 0 saturated carbocycles. The van der Waals surface area contributed by atoms with Crippen LogP contribution in [0.4, 0.5) is 17.6 Å². The molecule has 0 aliphatic heterocycles. The topological polar surface area (TPSA) is 30.2 Å². The monoisotopic (exact) mass is 280 g/mol. The van der Waals surface area contributed by atoms with E-state index in [2.05, 4.69) is 4.42 Å². The van der Waals surface area contributed by atoms with Crippen LogP contribution in [0.2, 0.25) is 5.02 Å². The van der Waals surface area contributed by atoms with E-state index in [0.29, 0.717) is 0 Å². The first-order valence-corrected chi connectivity index (χ1v) is 5.11. The SMILES string of the molecule is O=c1c(Cl)c(C(F)(F)C(F)F)oc2ccccc12. The molecule has 0 bridgehead atoms. The van der Waals surface area contributed by atoms with Gasteiger partial charge in [-0.15, -0.1) is 0 Å². The molecule has 0 saturated heterocycles. The Bertz CT molecular complexity index is 651. The van der Waals surface area contributed by atoms with E-state index in [4.69, 9.17) is 11.6 Å². The zero-order valence-electron chi connectivity index (χ0n) is 8.59. The molecule has 1 aromatic heterocycles. The summed E-state index contributed by atoms with van der Waals surface area (Å²) in [5.74, 6) is -6.12. The average Bonchev–Trinajstić information content (AvgIpc) is 2.33. The predicted octanol–water partition coefficient (Wildman–Crippen LogP) is 3.80. The van der Waals surface area contributed by atoms with Gasteiger partial charge in [-0.1, -0.05) is 23.7 Å². The van der Waals surface area contributed by atoms with Crippen molar-refractivity contribution in [1.82, 2.24) is 0 Å². The average molecular weight is 281 g/mol. The maximum absolute atomic E-state index is 13.2. The highest BCUT2D eigenvalue weighted by Gasteiger charge is 2.48. The lowest BCUT2D eigenvalue weighted by Gasteiger charge is -2.15. The van der Waals surface area contributed by atoms with E-state index in [1.54, 1.807) is 0 Å². The number of para-hydroxylation sites is 1. The molecule has 1 aromatic carbocycles. The largest absolute Gasteiger partial charge is 0.453 e. The molecule has 7 heteroatoms. The fourth-order valence-corrected chi connectivity index (χ4v) is 1.70. The van der Waals surface area contributed by atoms with Gasteiger partial charge in [0.1, 0.15) is 10.6 Å². The van der Waals surface area contributed by atoms with Crippen molar-refractivity contribution in [2.45, 2.75) is 12.3 Å². The lowest BCUT2D eigenvalue weighted by atomic mass is 10.2. The minimum absolute atomic E-state index is 0.0451. The van der Waals surface area contributed by atoms with E-state index in [1.165, 1.54) is 24.3 Å². The maximum atomic E-state index is 13.2. The molecule has 2 nitrogen and oxygen atoms in total. The first-order valence-electron chi connectivity index (χ1n) is 4.73. The first kappa shape index (κ1) is 12.9. The Balaban J connectivity index is 2.82. The van der Waals surface area contributed by atoms with E-state index in [1.807, 2.05) is 0 Å². The number of rotatable bonds is 2. The van der Waals surface area contributed by atoms with E-state index in [9.17, 15) is 22.4 Å². The fourth-order valence-electron chi connectivity index (χ4n) is 1.43. The summed E-state index contributed by atoms with van der Waals surface area (Å²) in [4.78, 5) is 11.6. The van der Waals surface area contributed by atoms with E-state index < -0.39 is 28.6 Å². The Morgan fingerprint density at radius 2 is 1.83 bits per heavy atom. The highest BCUT2D eigenvalue weighted by atomic mass is 35.5. The van der Waals surface area contributed by atoms with Crippen molar-refractivity contribution >= 4 is 22.6 Å². The summed E-state index contributed by atoms with van der Waals surface area (Å²) in [5.41, 5.74) is -1.18. The summed E-state index contributed by atoms with van der Waals surface area (Å²) in [6.07, 6.45) is -4.01. The van der Waals surface area contributed by atoms with Gasteiger partial charge in [0.05, 0.1) is 5.39 Å². The number of alkyl halides is 4. The van der Waals surface area contributed by atoms with Crippen molar-refractivity contribution in [3.05, 3.63) is 45.3 Å². The Morgan fingerprint density at radius 3 is 2.44 bits per heavy atom. The second kappa shape index (κ2) is 4.28. The lowest BCUT2D eigenvalue weighted by molar-refractivity contribution is -0.147. The first-order chi connectivity index (χ1) is 8.35. The molecule has 0 amide bonds. The van der Waals surface area contributed by atoms with Crippen LogP contribution in [-0.2, 0) is 5.92 Å². The third-order valence-corrected chi connectivity index (χ3v) is 2.66. The second-order valence-corrected chi connectivity index (χ2v) is 3.87. The second-order valence-electron chi connectivity index (χ2n) is 3.49. The summed E-state index contributed by atoms with van der Waals surface area (Å²) in [5, 5.41) is -1.07. The van der Waals surface area contributed by atoms with Crippen molar-refractivity contribution in [2.24, 2.45) is 0 Å². The van der Waals surface area contributed by atoms with Gasteiger partial charge < -0.3 is 4.42 Å². The predicted molar refractivity (Wildman–Crippen MR) is 57.4 cm³/mol. The molecule has 0 aliphatic carbocycles.